The highest BCUT2D eigenvalue weighted by molar-refractivity contribution is 6.06. The number of hydrogen-bond donors (Lipinski definition) is 3. The standard InChI is InChI=1S/C20H18F3N3O3/c1-11-16(18(27)25-13-7-5-6-12(10-13)20(21,22)23)17(26-19(28)24-11)14-8-3-4-9-15(14)29-2/h3-10,17H,1-2H3,(H,25,27)(H2,24,26,28). The van der Waals surface area contributed by atoms with E-state index in [4.69, 9.17) is 4.74 Å². The molecule has 0 fully saturated rings. The van der Waals surface area contributed by atoms with Crippen LogP contribution in [0.1, 0.15) is 24.1 Å². The van der Waals surface area contributed by atoms with Crippen LogP contribution in [0.3, 0.4) is 0 Å². The number of hydrogen-bond acceptors (Lipinski definition) is 3. The van der Waals surface area contributed by atoms with E-state index in [2.05, 4.69) is 16.0 Å². The second-order valence-corrected chi connectivity index (χ2v) is 6.34. The van der Waals surface area contributed by atoms with Gasteiger partial charge in [0.1, 0.15) is 5.75 Å². The molecule has 1 atom stereocenters. The fraction of sp³-hybridized carbons (Fsp3) is 0.200. The normalized spacial score (nSPS) is 16.7. The minimum absolute atomic E-state index is 0.0131. The van der Waals surface area contributed by atoms with Crippen molar-refractivity contribution in [2.45, 2.75) is 19.1 Å². The molecule has 2 aromatic rings. The Bertz CT molecular complexity index is 986. The predicted molar refractivity (Wildman–Crippen MR) is 100 cm³/mol. The fourth-order valence-electron chi connectivity index (χ4n) is 3.10. The number of allylic oxidation sites excluding steroid dienone is 1. The second kappa shape index (κ2) is 7.86. The maximum atomic E-state index is 12.9. The molecule has 9 heteroatoms. The van der Waals surface area contributed by atoms with Crippen molar-refractivity contribution in [3.8, 4) is 5.75 Å². The smallest absolute Gasteiger partial charge is 0.416 e. The predicted octanol–water partition coefficient (Wildman–Crippen LogP) is 3.98. The average molecular weight is 405 g/mol. The van der Waals surface area contributed by atoms with E-state index in [1.807, 2.05) is 0 Å². The summed E-state index contributed by atoms with van der Waals surface area (Å²) in [6, 6.07) is 9.82. The van der Waals surface area contributed by atoms with Crippen molar-refractivity contribution in [3.05, 3.63) is 70.9 Å². The number of carbonyl (C=O) groups excluding carboxylic acids is 2. The van der Waals surface area contributed by atoms with Gasteiger partial charge in [-0.15, -0.1) is 0 Å². The Kier molecular flexibility index (Phi) is 5.49. The van der Waals surface area contributed by atoms with Gasteiger partial charge in [0, 0.05) is 16.9 Å². The third-order valence-electron chi connectivity index (χ3n) is 4.41. The van der Waals surface area contributed by atoms with Crippen LogP contribution in [0.15, 0.2) is 59.8 Å². The van der Waals surface area contributed by atoms with Crippen LogP contribution < -0.4 is 20.7 Å². The zero-order chi connectivity index (χ0) is 21.2. The van der Waals surface area contributed by atoms with E-state index in [1.54, 1.807) is 31.2 Å². The molecular weight excluding hydrogens is 387 g/mol. The number of alkyl halides is 3. The molecular formula is C20H18F3N3O3. The number of methoxy groups -OCH3 is 1. The van der Waals surface area contributed by atoms with Crippen molar-refractivity contribution in [1.29, 1.82) is 0 Å². The van der Waals surface area contributed by atoms with Crippen molar-refractivity contribution in [1.82, 2.24) is 10.6 Å². The van der Waals surface area contributed by atoms with Crippen LogP contribution in [0.2, 0.25) is 0 Å². The number of rotatable bonds is 4. The Balaban J connectivity index is 1.97. The Morgan fingerprint density at radius 1 is 1.14 bits per heavy atom. The lowest BCUT2D eigenvalue weighted by Crippen LogP contribution is -2.46. The molecule has 1 aliphatic rings. The number of urea groups is 1. The molecule has 3 N–H and O–H groups in total. The molecule has 3 amide bonds. The summed E-state index contributed by atoms with van der Waals surface area (Å²) < 4.78 is 44.1. The molecule has 0 aliphatic carbocycles. The van der Waals surface area contributed by atoms with Gasteiger partial charge in [0.05, 0.1) is 24.3 Å². The zero-order valence-electron chi connectivity index (χ0n) is 15.6. The molecule has 29 heavy (non-hydrogen) atoms. The second-order valence-electron chi connectivity index (χ2n) is 6.34. The SMILES string of the molecule is COc1ccccc1C1NC(=O)NC(C)=C1C(=O)Nc1cccc(C(F)(F)F)c1. The van der Waals surface area contributed by atoms with Crippen LogP contribution in [-0.4, -0.2) is 19.0 Å². The van der Waals surface area contributed by atoms with Gasteiger partial charge in [0.25, 0.3) is 5.91 Å². The molecule has 0 saturated carbocycles. The first-order chi connectivity index (χ1) is 13.7. The highest BCUT2D eigenvalue weighted by Crippen LogP contribution is 2.34. The van der Waals surface area contributed by atoms with Crippen LogP contribution in [0.5, 0.6) is 5.75 Å². The molecule has 0 saturated heterocycles. The molecule has 1 heterocycles. The summed E-state index contributed by atoms with van der Waals surface area (Å²) in [6.07, 6.45) is -4.53. The summed E-state index contributed by atoms with van der Waals surface area (Å²) >= 11 is 0. The lowest BCUT2D eigenvalue weighted by molar-refractivity contribution is -0.137. The van der Waals surface area contributed by atoms with Crippen molar-refractivity contribution >= 4 is 17.6 Å². The van der Waals surface area contributed by atoms with Gasteiger partial charge in [-0.3, -0.25) is 4.79 Å². The highest BCUT2D eigenvalue weighted by Gasteiger charge is 2.34. The molecule has 152 valence electrons. The first kappa shape index (κ1) is 20.2. The van der Waals surface area contributed by atoms with Crippen LogP contribution in [0.25, 0.3) is 0 Å². The molecule has 0 aromatic heterocycles. The van der Waals surface area contributed by atoms with Gasteiger partial charge in [-0.25, -0.2) is 4.79 Å². The molecule has 0 spiro atoms. The lowest BCUT2D eigenvalue weighted by atomic mass is 9.94. The van der Waals surface area contributed by atoms with Gasteiger partial charge < -0.3 is 20.7 Å². The van der Waals surface area contributed by atoms with Gasteiger partial charge in [-0.05, 0) is 31.2 Å². The van der Waals surface area contributed by atoms with Crippen LogP contribution in [0.4, 0.5) is 23.7 Å². The van der Waals surface area contributed by atoms with Crippen LogP contribution in [-0.2, 0) is 11.0 Å². The van der Waals surface area contributed by atoms with Crippen molar-refractivity contribution in [2.24, 2.45) is 0 Å². The number of nitrogens with one attached hydrogen (secondary N) is 3. The minimum atomic E-state index is -4.53. The van der Waals surface area contributed by atoms with E-state index in [0.29, 0.717) is 11.3 Å². The van der Waals surface area contributed by atoms with E-state index < -0.39 is 29.7 Å². The van der Waals surface area contributed by atoms with E-state index >= 15 is 0 Å². The molecule has 0 bridgehead atoms. The van der Waals surface area contributed by atoms with E-state index in [-0.39, 0.29) is 17.0 Å². The summed E-state index contributed by atoms with van der Waals surface area (Å²) in [6.45, 7) is 1.54. The van der Waals surface area contributed by atoms with E-state index in [9.17, 15) is 22.8 Å². The Hall–Kier alpha value is -3.49. The molecule has 6 nitrogen and oxygen atoms in total. The average Bonchev–Trinajstić information content (AvgIpc) is 2.66. The zero-order valence-corrected chi connectivity index (χ0v) is 15.6. The minimum Gasteiger partial charge on any atom is -0.496 e. The molecule has 3 rings (SSSR count). The number of halogens is 3. The van der Waals surface area contributed by atoms with Gasteiger partial charge in [0.2, 0.25) is 0 Å². The number of ether oxygens (including phenoxy) is 1. The Labute approximate surface area is 164 Å². The summed E-state index contributed by atoms with van der Waals surface area (Å²) in [4.78, 5) is 24.9. The van der Waals surface area contributed by atoms with Gasteiger partial charge in [-0.1, -0.05) is 24.3 Å². The van der Waals surface area contributed by atoms with Crippen LogP contribution >= 0.6 is 0 Å². The maximum Gasteiger partial charge on any atom is 0.416 e. The fourth-order valence-corrected chi connectivity index (χ4v) is 3.10. The van der Waals surface area contributed by atoms with Crippen molar-refractivity contribution in [3.63, 3.8) is 0 Å². The number of amides is 3. The summed E-state index contributed by atoms with van der Waals surface area (Å²) in [5.74, 6) is -0.193. The van der Waals surface area contributed by atoms with Gasteiger partial charge in [-0.2, -0.15) is 13.2 Å². The number of anilines is 1. The van der Waals surface area contributed by atoms with Crippen molar-refractivity contribution < 1.29 is 27.5 Å². The van der Waals surface area contributed by atoms with Gasteiger partial charge >= 0.3 is 12.2 Å². The summed E-state index contributed by atoms with van der Waals surface area (Å²) in [5, 5.41) is 7.66. The third kappa shape index (κ3) is 4.34. The number of para-hydroxylation sites is 1. The number of carbonyl (C=O) groups is 2. The lowest BCUT2D eigenvalue weighted by Gasteiger charge is -2.29. The van der Waals surface area contributed by atoms with Crippen LogP contribution in [0, 0.1) is 0 Å². The molecule has 0 radical (unpaired) electrons. The number of benzene rings is 2. The maximum absolute atomic E-state index is 12.9. The van der Waals surface area contributed by atoms with E-state index in [1.165, 1.54) is 19.2 Å². The third-order valence-corrected chi connectivity index (χ3v) is 4.41. The Morgan fingerprint density at radius 3 is 2.55 bits per heavy atom. The summed E-state index contributed by atoms with van der Waals surface area (Å²) in [5.41, 5.74) is 0.0946. The van der Waals surface area contributed by atoms with Gasteiger partial charge in [0.15, 0.2) is 0 Å². The first-order valence-corrected chi connectivity index (χ1v) is 8.60. The van der Waals surface area contributed by atoms with Crippen molar-refractivity contribution in [2.75, 3.05) is 12.4 Å². The topological polar surface area (TPSA) is 79.5 Å². The monoisotopic (exact) mass is 405 g/mol. The quantitative estimate of drug-likeness (QED) is 0.720. The summed E-state index contributed by atoms with van der Waals surface area (Å²) in [7, 11) is 1.46. The Morgan fingerprint density at radius 2 is 1.86 bits per heavy atom. The first-order valence-electron chi connectivity index (χ1n) is 8.60. The molecule has 1 aliphatic heterocycles. The molecule has 2 aromatic carbocycles. The van der Waals surface area contributed by atoms with E-state index in [0.717, 1.165) is 12.1 Å². The highest BCUT2D eigenvalue weighted by atomic mass is 19.4. The largest absolute Gasteiger partial charge is 0.496 e. The molecule has 1 unspecified atom stereocenters.